The summed E-state index contributed by atoms with van der Waals surface area (Å²) in [7, 11) is 1.81. The molecule has 1 aliphatic heterocycles. The Kier molecular flexibility index (Phi) is 7.26. The number of rotatable bonds is 7. The Morgan fingerprint density at radius 3 is 2.62 bits per heavy atom. The third-order valence-corrected chi connectivity index (χ3v) is 6.78. The molecule has 0 bridgehead atoms. The van der Waals surface area contributed by atoms with E-state index in [2.05, 4.69) is 28.9 Å². The molecule has 1 saturated heterocycles. The number of carbonyl (C=O) groups is 1. The van der Waals surface area contributed by atoms with E-state index >= 15 is 0 Å². The fraction of sp³-hybridized carbons (Fsp3) is 0.357. The number of amides is 1. The molecule has 11 heteroatoms. The van der Waals surface area contributed by atoms with Gasteiger partial charge in [-0.1, -0.05) is 30.4 Å². The maximum atomic E-state index is 12.4. The van der Waals surface area contributed by atoms with Crippen LogP contribution in [0.15, 0.2) is 49.2 Å². The number of nitrogens with zero attached hydrogens (tertiary/aromatic N) is 5. The zero-order valence-corrected chi connectivity index (χ0v) is 21.8. The van der Waals surface area contributed by atoms with Gasteiger partial charge in [-0.25, -0.2) is 9.67 Å². The van der Waals surface area contributed by atoms with Crippen LogP contribution in [-0.4, -0.2) is 49.8 Å². The van der Waals surface area contributed by atoms with Gasteiger partial charge in [-0.15, -0.1) is 0 Å². The minimum atomic E-state index is -4.47. The Hall–Kier alpha value is -3.99. The number of aryl methyl sites for hydroxylation is 1. The molecule has 1 amide bonds. The van der Waals surface area contributed by atoms with Crippen molar-refractivity contribution in [3.05, 3.63) is 71.7 Å². The van der Waals surface area contributed by atoms with Crippen LogP contribution in [0.4, 0.5) is 13.2 Å². The van der Waals surface area contributed by atoms with Crippen molar-refractivity contribution in [3.8, 4) is 11.4 Å². The molecule has 39 heavy (non-hydrogen) atoms. The van der Waals surface area contributed by atoms with Gasteiger partial charge < -0.3 is 10.1 Å². The highest BCUT2D eigenvalue weighted by atomic mass is 19.4. The highest BCUT2D eigenvalue weighted by molar-refractivity contribution is 5.94. The second-order valence-corrected chi connectivity index (χ2v) is 9.75. The van der Waals surface area contributed by atoms with Crippen LogP contribution >= 0.6 is 0 Å². The Labute approximate surface area is 223 Å². The number of allylic oxidation sites excluding steroid dienone is 1. The van der Waals surface area contributed by atoms with Gasteiger partial charge in [0.05, 0.1) is 11.7 Å². The van der Waals surface area contributed by atoms with Crippen LogP contribution in [0.2, 0.25) is 0 Å². The highest BCUT2D eigenvalue weighted by Crippen LogP contribution is 2.33. The molecule has 1 unspecified atom stereocenters. The predicted molar refractivity (Wildman–Crippen MR) is 141 cm³/mol. The summed E-state index contributed by atoms with van der Waals surface area (Å²) in [6.07, 6.45) is 0.950. The lowest BCUT2D eigenvalue weighted by molar-refractivity contribution is -0.123. The van der Waals surface area contributed by atoms with E-state index in [1.807, 2.05) is 30.2 Å². The third kappa shape index (κ3) is 5.73. The minimum absolute atomic E-state index is 0.0662. The van der Waals surface area contributed by atoms with Crippen molar-refractivity contribution in [3.63, 3.8) is 0 Å². The molecule has 8 nitrogen and oxygen atoms in total. The molecule has 0 saturated carbocycles. The van der Waals surface area contributed by atoms with Crippen LogP contribution in [-0.2, 0) is 18.2 Å². The number of fused-ring (bicyclic) bond motifs is 1. The molecule has 1 atom stereocenters. The van der Waals surface area contributed by atoms with Gasteiger partial charge in [0.15, 0.2) is 12.1 Å². The lowest BCUT2D eigenvalue weighted by Gasteiger charge is -2.23. The van der Waals surface area contributed by atoms with Gasteiger partial charge in [0.2, 0.25) is 0 Å². The fourth-order valence-electron chi connectivity index (χ4n) is 4.88. The Bertz CT molecular complexity index is 1510. The molecule has 204 valence electrons. The number of ether oxygens (including phenoxy) is 1. The molecular weight excluding hydrogens is 509 g/mol. The Morgan fingerprint density at radius 1 is 1.18 bits per heavy atom. The summed E-state index contributed by atoms with van der Waals surface area (Å²) in [6.45, 7) is 5.54. The van der Waals surface area contributed by atoms with Crippen molar-refractivity contribution < 1.29 is 22.7 Å². The van der Waals surface area contributed by atoms with Crippen molar-refractivity contribution >= 4 is 22.4 Å². The number of aromatic nitrogens is 5. The number of nitrogens with one attached hydrogen (secondary N) is 1. The van der Waals surface area contributed by atoms with E-state index in [1.165, 1.54) is 12.1 Å². The average molecular weight is 539 g/mol. The van der Waals surface area contributed by atoms with Crippen LogP contribution in [0.5, 0.6) is 0 Å². The molecule has 4 aromatic rings. The summed E-state index contributed by atoms with van der Waals surface area (Å²) in [5, 5.41) is 12.0. The monoisotopic (exact) mass is 538 g/mol. The summed E-state index contributed by atoms with van der Waals surface area (Å²) in [5.74, 6) is 0.381. The van der Waals surface area contributed by atoms with Crippen LogP contribution < -0.4 is 5.32 Å². The van der Waals surface area contributed by atoms with Crippen LogP contribution in [0.1, 0.15) is 59.7 Å². The van der Waals surface area contributed by atoms with E-state index in [0.29, 0.717) is 17.8 Å². The molecule has 0 aliphatic carbocycles. The van der Waals surface area contributed by atoms with E-state index < -0.39 is 18.6 Å². The van der Waals surface area contributed by atoms with Gasteiger partial charge in [-0.05, 0) is 55.5 Å². The molecular formula is C28H29F3N6O2. The van der Waals surface area contributed by atoms with Gasteiger partial charge in [-0.2, -0.15) is 23.4 Å². The predicted octanol–water partition coefficient (Wildman–Crippen LogP) is 5.45. The lowest BCUT2D eigenvalue weighted by atomic mass is 9.95. The van der Waals surface area contributed by atoms with E-state index in [9.17, 15) is 18.0 Å². The first-order chi connectivity index (χ1) is 18.6. The fourth-order valence-corrected chi connectivity index (χ4v) is 4.88. The SMILES string of the molecule is C=C(C)c1c(Cc2nc(-c3ccc(C(=O)NCC(F)(F)F)cc3)nn2C)ccc2c1cnn2C1CCCCO1. The largest absolute Gasteiger partial charge is 0.405 e. The molecule has 0 spiro atoms. The summed E-state index contributed by atoms with van der Waals surface area (Å²) < 4.78 is 46.8. The number of benzene rings is 2. The quantitative estimate of drug-likeness (QED) is 0.338. The van der Waals surface area contributed by atoms with Gasteiger partial charge in [-0.3, -0.25) is 9.48 Å². The van der Waals surface area contributed by atoms with Crippen molar-refractivity contribution in [2.75, 3.05) is 13.2 Å². The first-order valence-electron chi connectivity index (χ1n) is 12.7. The first kappa shape index (κ1) is 26.6. The molecule has 5 rings (SSSR count). The molecule has 0 radical (unpaired) electrons. The maximum Gasteiger partial charge on any atom is 0.405 e. The van der Waals surface area contributed by atoms with Crippen molar-refractivity contribution in [1.82, 2.24) is 29.9 Å². The molecule has 3 heterocycles. The highest BCUT2D eigenvalue weighted by Gasteiger charge is 2.28. The number of carbonyl (C=O) groups excluding carboxylic acids is 1. The first-order valence-corrected chi connectivity index (χ1v) is 12.7. The van der Waals surface area contributed by atoms with E-state index in [-0.39, 0.29) is 11.8 Å². The number of hydrogen-bond acceptors (Lipinski definition) is 5. The minimum Gasteiger partial charge on any atom is -0.356 e. The summed E-state index contributed by atoms with van der Waals surface area (Å²) in [6, 6.07) is 10.3. The maximum absolute atomic E-state index is 12.4. The zero-order chi connectivity index (χ0) is 27.7. The zero-order valence-electron chi connectivity index (χ0n) is 21.8. The second kappa shape index (κ2) is 10.6. The van der Waals surface area contributed by atoms with E-state index in [1.54, 1.807) is 16.8 Å². The van der Waals surface area contributed by atoms with Gasteiger partial charge in [0.1, 0.15) is 12.4 Å². The van der Waals surface area contributed by atoms with E-state index in [4.69, 9.17) is 9.72 Å². The second-order valence-electron chi connectivity index (χ2n) is 9.75. The Balaban J connectivity index is 1.38. The lowest BCUT2D eigenvalue weighted by Crippen LogP contribution is -2.33. The topological polar surface area (TPSA) is 86.9 Å². The van der Waals surface area contributed by atoms with Crippen LogP contribution in [0, 0.1) is 0 Å². The molecule has 1 aliphatic rings. The van der Waals surface area contributed by atoms with Crippen molar-refractivity contribution in [1.29, 1.82) is 0 Å². The van der Waals surface area contributed by atoms with Crippen LogP contribution in [0.25, 0.3) is 27.9 Å². The smallest absolute Gasteiger partial charge is 0.356 e. The average Bonchev–Trinajstić information content (AvgIpc) is 3.50. The molecule has 1 N–H and O–H groups in total. The molecule has 2 aromatic carbocycles. The summed E-state index contributed by atoms with van der Waals surface area (Å²) >= 11 is 0. The van der Waals surface area contributed by atoms with Gasteiger partial charge in [0.25, 0.3) is 5.91 Å². The normalized spacial score (nSPS) is 16.0. The van der Waals surface area contributed by atoms with E-state index in [0.717, 1.165) is 59.3 Å². The third-order valence-electron chi connectivity index (χ3n) is 6.78. The van der Waals surface area contributed by atoms with Crippen molar-refractivity contribution in [2.45, 2.75) is 45.0 Å². The van der Waals surface area contributed by atoms with Gasteiger partial charge in [0, 0.05) is 36.6 Å². The molecule has 2 aromatic heterocycles. The number of halogens is 3. The number of alkyl halides is 3. The van der Waals surface area contributed by atoms with Crippen molar-refractivity contribution in [2.24, 2.45) is 7.05 Å². The van der Waals surface area contributed by atoms with Gasteiger partial charge >= 0.3 is 6.18 Å². The summed E-state index contributed by atoms with van der Waals surface area (Å²) in [4.78, 5) is 16.7. The number of hydrogen-bond donors (Lipinski definition) is 1. The standard InChI is InChI=1S/C28H29F3N6O2/c1-17(2)25-20(11-12-22-21(25)15-33-37(22)24-6-4-5-13-39-24)14-23-34-26(35-36(23)3)18-7-9-19(10-8-18)27(38)32-16-28(29,30)31/h7-12,15,24H,1,4-6,13-14,16H2,2-3H3,(H,32,38). The Morgan fingerprint density at radius 2 is 1.95 bits per heavy atom. The molecule has 1 fully saturated rings. The summed E-state index contributed by atoms with van der Waals surface area (Å²) in [5.41, 5.74) is 4.75. The van der Waals surface area contributed by atoms with Crippen LogP contribution in [0.3, 0.4) is 0 Å².